The zero-order chi connectivity index (χ0) is 54.1. The summed E-state index contributed by atoms with van der Waals surface area (Å²) in [4.78, 5) is 52.7. The molecular formula is C43H87O23P5Y6-6. The molecule has 34 heteroatoms. The van der Waals surface area contributed by atoms with Gasteiger partial charge in [0, 0.05) is 208 Å². The van der Waals surface area contributed by atoms with Crippen molar-refractivity contribution in [1.82, 2.24) is 0 Å². The van der Waals surface area contributed by atoms with Gasteiger partial charge in [0.05, 0.1) is 79.3 Å². The van der Waals surface area contributed by atoms with Crippen LogP contribution in [0.1, 0.15) is 124 Å². The molecule has 0 aliphatic rings. The maximum Gasteiger partial charge on any atom is 0.472 e. The fourth-order valence-corrected chi connectivity index (χ4v) is 11.8. The zero-order valence-electron chi connectivity index (χ0n) is 45.7. The Bertz CT molecular complexity index is 1530. The van der Waals surface area contributed by atoms with Crippen LogP contribution in [0.2, 0.25) is 0 Å². The van der Waals surface area contributed by atoms with Gasteiger partial charge in [-0.1, -0.05) is 58.3 Å². The summed E-state index contributed by atoms with van der Waals surface area (Å²) < 4.78 is 128. The molecule has 7 atom stereocenters. The van der Waals surface area contributed by atoms with E-state index in [4.69, 9.17) is 59.8 Å². The van der Waals surface area contributed by atoms with Crippen LogP contribution in [0.4, 0.5) is 0 Å². The molecule has 23 nitrogen and oxygen atoms in total. The van der Waals surface area contributed by atoms with Gasteiger partial charge >= 0.3 is 39.1 Å². The van der Waals surface area contributed by atoms with E-state index in [0.29, 0.717) is 103 Å². The second-order valence-electron chi connectivity index (χ2n) is 17.5. The fraction of sp³-hybridized carbons (Fsp3) is 0.860. The molecule has 0 amide bonds. The van der Waals surface area contributed by atoms with Crippen LogP contribution in [0, 0.1) is 57.8 Å². The standard InChI is InChI=1S/C43H87O23P5.6Y/c1-10-22-42(23-11-2,24-12-3)37-55-30-39(65-70(51,52)57-16-7)32-60-68(47,48)63-35-41(9,34-62-67(45,46)59-29-21-19-18-20-28-44)36-64-69(49,50)61-33-40(66-71(53,54)58-17-8)31-56-38-43(25-13-4,26-14-5)27-15-6;;;;;;/h39-40,44H,1-6,10-38H2,7-9H3,(H,45,46)(H,47,48)(H,49,50)(H,51,52)(H,53,54);;;;;;/q-6;;;;;;. The van der Waals surface area contributed by atoms with E-state index in [1.807, 2.05) is 0 Å². The van der Waals surface area contributed by atoms with Crippen LogP contribution < -0.4 is 0 Å². The van der Waals surface area contributed by atoms with Crippen LogP contribution in [-0.4, -0.2) is 128 Å². The van der Waals surface area contributed by atoms with Gasteiger partial charge < -0.3 is 80.6 Å². The van der Waals surface area contributed by atoms with Gasteiger partial charge in [-0.25, -0.2) is 22.8 Å². The van der Waals surface area contributed by atoms with Crippen molar-refractivity contribution in [3.63, 3.8) is 0 Å². The van der Waals surface area contributed by atoms with Gasteiger partial charge in [-0.05, 0) is 37.5 Å². The molecule has 0 aliphatic carbocycles. The number of hydrogen-bond acceptors (Lipinski definition) is 18. The normalized spacial score (nSPS) is 17.2. The molecule has 0 saturated heterocycles. The minimum absolute atomic E-state index is 0. The zero-order valence-corrected chi connectivity index (χ0v) is 67.2. The second kappa shape index (κ2) is 53.7. The second-order valence-corrected chi connectivity index (χ2v) is 24.7. The molecule has 0 aromatic carbocycles. The number of rotatable bonds is 50. The number of aliphatic hydroxyl groups excluding tert-OH is 1. The average molecular weight is 1660 g/mol. The third-order valence-electron chi connectivity index (χ3n) is 10.7. The van der Waals surface area contributed by atoms with Crippen LogP contribution in [-0.2, 0) is 274 Å². The van der Waals surface area contributed by atoms with Crippen LogP contribution >= 0.6 is 39.1 Å². The van der Waals surface area contributed by atoms with Gasteiger partial charge in [0.25, 0.3) is 0 Å². The molecule has 0 saturated carbocycles. The number of phosphoric ester groups is 5. The van der Waals surface area contributed by atoms with E-state index in [2.05, 4.69) is 41.5 Å². The largest absolute Gasteiger partial charge is 0.472 e. The molecule has 0 aliphatic heterocycles. The van der Waals surface area contributed by atoms with Crippen molar-refractivity contribution in [2.24, 2.45) is 16.2 Å². The molecule has 446 valence electrons. The van der Waals surface area contributed by atoms with Crippen LogP contribution in [0.25, 0.3) is 0 Å². The van der Waals surface area contributed by atoms with E-state index in [1.165, 1.54) is 20.8 Å². The smallest absolute Gasteiger partial charge is 0.396 e. The monoisotopic (exact) mass is 1660 g/mol. The Kier molecular flexibility index (Phi) is 68.1. The Hall–Kier alpha value is 7.05. The van der Waals surface area contributed by atoms with E-state index in [-0.39, 0.29) is 247 Å². The van der Waals surface area contributed by atoms with Crippen molar-refractivity contribution in [3.8, 4) is 0 Å². The molecule has 6 N–H and O–H groups in total. The topological polar surface area (TPSA) is 317 Å². The summed E-state index contributed by atoms with van der Waals surface area (Å²) in [7, 11) is -24.7. The Balaban J connectivity index is -0.00000163. The number of aliphatic hydroxyl groups is 1. The summed E-state index contributed by atoms with van der Waals surface area (Å²) in [5, 5.41) is 9.00. The van der Waals surface area contributed by atoms with Gasteiger partial charge in [-0.2, -0.15) is 38.5 Å². The van der Waals surface area contributed by atoms with E-state index in [0.717, 1.165) is 0 Å². The summed E-state index contributed by atoms with van der Waals surface area (Å²) in [5.74, 6) is 0. The summed E-state index contributed by atoms with van der Waals surface area (Å²) >= 11 is 0. The first-order valence-electron chi connectivity index (χ1n) is 23.9. The molecular weight excluding hydrogens is 1570 g/mol. The summed E-state index contributed by atoms with van der Waals surface area (Å²) in [5.41, 5.74) is -2.60. The summed E-state index contributed by atoms with van der Waals surface area (Å²) in [6.45, 7) is 22.1. The molecule has 0 bridgehead atoms. The van der Waals surface area contributed by atoms with E-state index >= 15 is 0 Å². The van der Waals surface area contributed by atoms with Crippen LogP contribution in [0.3, 0.4) is 0 Å². The van der Waals surface area contributed by atoms with Gasteiger partial charge in [0.1, 0.15) is 12.2 Å². The van der Waals surface area contributed by atoms with Crippen molar-refractivity contribution < 1.29 is 303 Å². The molecule has 0 fully saturated rings. The molecule has 0 spiro atoms. The maximum atomic E-state index is 13.4. The number of ether oxygens (including phenoxy) is 2. The molecule has 7 unspecified atom stereocenters. The molecule has 0 aromatic rings. The minimum atomic E-state index is -5.20. The molecule has 0 rings (SSSR count). The van der Waals surface area contributed by atoms with E-state index < -0.39 is 103 Å². The van der Waals surface area contributed by atoms with E-state index in [1.54, 1.807) is 0 Å². The molecule has 0 heterocycles. The first kappa shape index (κ1) is 97.7. The Morgan fingerprint density at radius 1 is 0.403 bits per heavy atom. The maximum absolute atomic E-state index is 13.4. The number of unbranched alkanes of at least 4 members (excludes halogenated alkanes) is 3. The molecule has 6 radical (unpaired) electrons. The summed E-state index contributed by atoms with van der Waals surface area (Å²) in [6, 6.07) is 0. The van der Waals surface area contributed by atoms with Crippen molar-refractivity contribution in [1.29, 1.82) is 0 Å². The van der Waals surface area contributed by atoms with Crippen molar-refractivity contribution in [2.75, 3.05) is 85.9 Å². The third-order valence-corrected chi connectivity index (χ3v) is 15.8. The first-order valence-corrected chi connectivity index (χ1v) is 31.4. The Morgan fingerprint density at radius 3 is 0.987 bits per heavy atom. The van der Waals surface area contributed by atoms with Crippen molar-refractivity contribution in [2.45, 2.75) is 136 Å². The van der Waals surface area contributed by atoms with Gasteiger partial charge in [0.15, 0.2) is 0 Å². The predicted octanol–water partition coefficient (Wildman–Crippen LogP) is 9.67. The van der Waals surface area contributed by atoms with Crippen molar-refractivity contribution >= 4 is 39.1 Å². The van der Waals surface area contributed by atoms with Gasteiger partial charge in [0.2, 0.25) is 0 Å². The average Bonchev–Trinajstić information content (AvgIpc) is 3.27. The molecule has 0 aromatic heterocycles. The predicted molar refractivity (Wildman–Crippen MR) is 266 cm³/mol. The van der Waals surface area contributed by atoms with Gasteiger partial charge in [-0.15, -0.1) is 0 Å². The SMILES string of the molecule is [CH2-]CCC(CC[CH2-])(CC[CH2-])COCC(COP(=O)(O)OCC(C)(COP(=O)(O)OCCCCCCO)COP(=O)(O)OCC(COCC(CC[CH2-])(CC[CH2-])CC[CH2-])OP(=O)(O)OCC)OP(=O)(O)OCC.[Y].[Y].[Y].[Y].[Y].[Y]. The number of phosphoric acid groups is 5. The Labute approximate surface area is 612 Å². The third kappa shape index (κ3) is 49.4. The quantitative estimate of drug-likeness (QED) is 0.0187. The fourth-order valence-electron chi connectivity index (χ4n) is 7.28. The number of hydrogen-bond donors (Lipinski definition) is 6. The van der Waals surface area contributed by atoms with Gasteiger partial charge in [-0.3, -0.25) is 45.2 Å². The Morgan fingerprint density at radius 2 is 0.701 bits per heavy atom. The first-order chi connectivity index (χ1) is 33.2. The van der Waals surface area contributed by atoms with Crippen LogP contribution in [0.15, 0.2) is 0 Å². The van der Waals surface area contributed by atoms with Crippen molar-refractivity contribution in [3.05, 3.63) is 41.5 Å². The molecule has 77 heavy (non-hydrogen) atoms. The minimum Gasteiger partial charge on any atom is -0.396 e. The summed E-state index contributed by atoms with van der Waals surface area (Å²) in [6.07, 6.45) is 6.63. The van der Waals surface area contributed by atoms with E-state index in [9.17, 15) is 47.3 Å². The van der Waals surface area contributed by atoms with Crippen LogP contribution in [0.5, 0.6) is 0 Å².